The van der Waals surface area contributed by atoms with Crippen molar-refractivity contribution in [2.24, 2.45) is 0 Å². The fourth-order valence-corrected chi connectivity index (χ4v) is 3.57. The predicted molar refractivity (Wildman–Crippen MR) is 86.6 cm³/mol. The summed E-state index contributed by atoms with van der Waals surface area (Å²) in [6.45, 7) is 0.692. The van der Waals surface area contributed by atoms with Crippen molar-refractivity contribution >= 4 is 38.5 Å². The summed E-state index contributed by atoms with van der Waals surface area (Å²) >= 11 is 5.75. The lowest BCUT2D eigenvalue weighted by atomic mass is 9.98. The van der Waals surface area contributed by atoms with Crippen molar-refractivity contribution < 1.29 is 9.84 Å². The highest BCUT2D eigenvalue weighted by Gasteiger charge is 2.24. The SMILES string of the molecule is OC(c1ccccc1I)c1cc(Br)cc2c1OCC2. The third-order valence-electron chi connectivity index (χ3n) is 3.27. The molecular weight excluding hydrogens is 419 g/mol. The zero-order valence-corrected chi connectivity index (χ0v) is 13.8. The molecule has 0 aliphatic carbocycles. The fraction of sp³-hybridized carbons (Fsp3) is 0.200. The summed E-state index contributed by atoms with van der Waals surface area (Å²) in [5.41, 5.74) is 2.92. The van der Waals surface area contributed by atoms with Gasteiger partial charge < -0.3 is 9.84 Å². The van der Waals surface area contributed by atoms with Gasteiger partial charge in [0.05, 0.1) is 6.61 Å². The molecule has 0 aromatic heterocycles. The number of hydrogen-bond donors (Lipinski definition) is 1. The Bertz CT molecular complexity index is 628. The van der Waals surface area contributed by atoms with Gasteiger partial charge in [-0.3, -0.25) is 0 Å². The van der Waals surface area contributed by atoms with E-state index in [2.05, 4.69) is 44.6 Å². The quantitative estimate of drug-likeness (QED) is 0.727. The number of halogens is 2. The number of rotatable bonds is 2. The molecule has 0 amide bonds. The molecule has 3 rings (SSSR count). The molecule has 1 unspecified atom stereocenters. The molecule has 1 atom stereocenters. The van der Waals surface area contributed by atoms with Gasteiger partial charge in [-0.1, -0.05) is 34.1 Å². The number of aliphatic hydroxyl groups is 1. The Hall–Kier alpha value is -0.590. The standard InChI is InChI=1S/C15H12BrIO2/c16-10-7-9-5-6-19-15(9)12(8-10)14(18)11-3-1-2-4-13(11)17/h1-4,7-8,14,18H,5-6H2. The van der Waals surface area contributed by atoms with Gasteiger partial charge in [0.2, 0.25) is 0 Å². The molecule has 0 bridgehead atoms. The molecule has 1 N–H and O–H groups in total. The smallest absolute Gasteiger partial charge is 0.128 e. The van der Waals surface area contributed by atoms with E-state index in [9.17, 15) is 5.11 Å². The van der Waals surface area contributed by atoms with E-state index in [0.717, 1.165) is 36.9 Å². The van der Waals surface area contributed by atoms with Crippen LogP contribution in [0.5, 0.6) is 5.75 Å². The highest BCUT2D eigenvalue weighted by molar-refractivity contribution is 14.1. The second-order valence-corrected chi connectivity index (χ2v) is 6.58. The number of ether oxygens (including phenoxy) is 1. The number of fused-ring (bicyclic) bond motifs is 1. The molecule has 0 radical (unpaired) electrons. The second-order valence-electron chi connectivity index (χ2n) is 4.51. The van der Waals surface area contributed by atoms with Crippen molar-refractivity contribution in [2.45, 2.75) is 12.5 Å². The zero-order chi connectivity index (χ0) is 13.4. The van der Waals surface area contributed by atoms with Gasteiger partial charge in [-0.2, -0.15) is 0 Å². The van der Waals surface area contributed by atoms with Gasteiger partial charge in [-0.25, -0.2) is 0 Å². The van der Waals surface area contributed by atoms with Crippen LogP contribution in [0.2, 0.25) is 0 Å². The van der Waals surface area contributed by atoms with E-state index < -0.39 is 6.10 Å². The maximum atomic E-state index is 10.7. The number of benzene rings is 2. The summed E-state index contributed by atoms with van der Waals surface area (Å²) in [5.74, 6) is 0.843. The Labute approximate surface area is 134 Å². The van der Waals surface area contributed by atoms with Crippen LogP contribution in [-0.4, -0.2) is 11.7 Å². The average molecular weight is 431 g/mol. The van der Waals surface area contributed by atoms with Gasteiger partial charge in [0.15, 0.2) is 0 Å². The summed E-state index contributed by atoms with van der Waals surface area (Å²) in [7, 11) is 0. The summed E-state index contributed by atoms with van der Waals surface area (Å²) in [4.78, 5) is 0. The zero-order valence-electron chi connectivity index (χ0n) is 10.1. The van der Waals surface area contributed by atoms with Crippen molar-refractivity contribution in [3.63, 3.8) is 0 Å². The molecule has 4 heteroatoms. The second kappa shape index (κ2) is 5.42. The average Bonchev–Trinajstić information content (AvgIpc) is 2.85. The highest BCUT2D eigenvalue weighted by Crippen LogP contribution is 2.39. The first-order chi connectivity index (χ1) is 9.16. The molecule has 2 aromatic rings. The molecule has 0 saturated carbocycles. The van der Waals surface area contributed by atoms with Crippen molar-refractivity contribution in [2.75, 3.05) is 6.61 Å². The summed E-state index contributed by atoms with van der Waals surface area (Å²) in [5, 5.41) is 10.7. The molecule has 0 saturated heterocycles. The van der Waals surface area contributed by atoms with Crippen LogP contribution >= 0.6 is 38.5 Å². The van der Waals surface area contributed by atoms with Crippen LogP contribution in [0, 0.1) is 3.57 Å². The number of hydrogen-bond acceptors (Lipinski definition) is 2. The first-order valence-corrected chi connectivity index (χ1v) is 7.91. The van der Waals surface area contributed by atoms with E-state index in [0.29, 0.717) is 6.61 Å². The van der Waals surface area contributed by atoms with Gasteiger partial charge in [0.1, 0.15) is 11.9 Å². The Morgan fingerprint density at radius 3 is 2.79 bits per heavy atom. The Balaban J connectivity index is 2.10. The van der Waals surface area contributed by atoms with Crippen molar-refractivity contribution in [3.05, 3.63) is 61.1 Å². The monoisotopic (exact) mass is 430 g/mol. The van der Waals surface area contributed by atoms with Crippen LogP contribution in [0.25, 0.3) is 0 Å². The van der Waals surface area contributed by atoms with Gasteiger partial charge in [-0.05, 0) is 51.9 Å². The molecule has 1 heterocycles. The van der Waals surface area contributed by atoms with E-state index in [1.165, 1.54) is 0 Å². The van der Waals surface area contributed by atoms with Crippen LogP contribution in [0.4, 0.5) is 0 Å². The third-order valence-corrected chi connectivity index (χ3v) is 4.71. The molecular formula is C15H12BrIO2. The van der Waals surface area contributed by atoms with Crippen LogP contribution < -0.4 is 4.74 Å². The minimum atomic E-state index is -0.655. The van der Waals surface area contributed by atoms with E-state index in [-0.39, 0.29) is 0 Å². The van der Waals surface area contributed by atoms with Crippen LogP contribution in [0.15, 0.2) is 40.9 Å². The minimum absolute atomic E-state index is 0.655. The summed E-state index contributed by atoms with van der Waals surface area (Å²) in [6, 6.07) is 11.9. The summed E-state index contributed by atoms with van der Waals surface area (Å²) < 4.78 is 7.72. The lowest BCUT2D eigenvalue weighted by Crippen LogP contribution is -2.04. The topological polar surface area (TPSA) is 29.5 Å². The van der Waals surface area contributed by atoms with E-state index in [4.69, 9.17) is 4.74 Å². The van der Waals surface area contributed by atoms with E-state index in [1.54, 1.807) is 0 Å². The van der Waals surface area contributed by atoms with Gasteiger partial charge in [0, 0.05) is 20.0 Å². The lowest BCUT2D eigenvalue weighted by molar-refractivity contribution is 0.213. The first-order valence-electron chi connectivity index (χ1n) is 6.04. The maximum Gasteiger partial charge on any atom is 0.128 e. The van der Waals surface area contributed by atoms with Crippen LogP contribution in [0.1, 0.15) is 22.8 Å². The normalized spacial score (nSPS) is 14.9. The van der Waals surface area contributed by atoms with Crippen LogP contribution in [-0.2, 0) is 6.42 Å². The minimum Gasteiger partial charge on any atom is -0.493 e. The third kappa shape index (κ3) is 2.53. The van der Waals surface area contributed by atoms with Gasteiger partial charge in [0.25, 0.3) is 0 Å². The van der Waals surface area contributed by atoms with Crippen LogP contribution in [0.3, 0.4) is 0 Å². The Morgan fingerprint density at radius 2 is 2.00 bits per heavy atom. The molecule has 0 spiro atoms. The van der Waals surface area contributed by atoms with E-state index >= 15 is 0 Å². The molecule has 1 aliphatic rings. The van der Waals surface area contributed by atoms with Crippen molar-refractivity contribution in [3.8, 4) is 5.75 Å². The first kappa shape index (κ1) is 13.4. The predicted octanol–water partition coefficient (Wildman–Crippen LogP) is 4.07. The van der Waals surface area contributed by atoms with E-state index in [1.807, 2.05) is 30.3 Å². The van der Waals surface area contributed by atoms with Gasteiger partial charge >= 0.3 is 0 Å². The largest absolute Gasteiger partial charge is 0.493 e. The molecule has 98 valence electrons. The van der Waals surface area contributed by atoms with Crippen molar-refractivity contribution in [1.82, 2.24) is 0 Å². The molecule has 1 aliphatic heterocycles. The Morgan fingerprint density at radius 1 is 1.21 bits per heavy atom. The highest BCUT2D eigenvalue weighted by atomic mass is 127. The molecule has 19 heavy (non-hydrogen) atoms. The summed E-state index contributed by atoms with van der Waals surface area (Å²) in [6.07, 6.45) is 0.248. The maximum absolute atomic E-state index is 10.7. The molecule has 2 aromatic carbocycles. The lowest BCUT2D eigenvalue weighted by Gasteiger charge is -2.17. The Kier molecular flexibility index (Phi) is 3.82. The number of aliphatic hydroxyl groups excluding tert-OH is 1. The molecule has 2 nitrogen and oxygen atoms in total. The fourth-order valence-electron chi connectivity index (χ4n) is 2.37. The molecule has 0 fully saturated rings. The van der Waals surface area contributed by atoms with Gasteiger partial charge in [-0.15, -0.1) is 0 Å². The van der Waals surface area contributed by atoms with Crippen molar-refractivity contribution in [1.29, 1.82) is 0 Å².